The molecule has 8 aromatic carbocycles. The quantitative estimate of drug-likeness (QED) is 0.157. The smallest absolute Gasteiger partial charge is 0.261 e. The van der Waals surface area contributed by atoms with Gasteiger partial charge in [-0.2, -0.15) is 0 Å². The first-order valence-electron chi connectivity index (χ1n) is 21.4. The number of fused-ring (bicyclic) bond motifs is 8. The van der Waals surface area contributed by atoms with Gasteiger partial charge in [0, 0.05) is 51.4 Å². The van der Waals surface area contributed by atoms with Crippen molar-refractivity contribution in [2.75, 3.05) is 9.80 Å². The van der Waals surface area contributed by atoms with Crippen LogP contribution in [0, 0.1) is 27.7 Å². The summed E-state index contributed by atoms with van der Waals surface area (Å²) in [7, 11) is 0. The average molecular weight is 778 g/mol. The van der Waals surface area contributed by atoms with E-state index in [1.165, 1.54) is 44.5 Å². The summed E-state index contributed by atoms with van der Waals surface area (Å²) >= 11 is 0. The monoisotopic (exact) mass is 777 g/mol. The van der Waals surface area contributed by atoms with Crippen molar-refractivity contribution in [1.82, 2.24) is 0 Å². The number of nitrogens with zero attached hydrogens (tertiary/aromatic N) is 2. The van der Waals surface area contributed by atoms with Gasteiger partial charge in [-0.15, -0.1) is 0 Å². The fraction of sp³-hybridized carbons (Fsp3) is 0.127. The molecule has 2 heterocycles. The van der Waals surface area contributed by atoms with Gasteiger partial charge >= 0.3 is 0 Å². The Bertz CT molecular complexity index is 2940. The summed E-state index contributed by atoms with van der Waals surface area (Å²) in [6.07, 6.45) is 0. The van der Waals surface area contributed by atoms with Gasteiger partial charge in [0.25, 0.3) is 6.71 Å². The summed E-state index contributed by atoms with van der Waals surface area (Å²) in [5, 5.41) is 0. The van der Waals surface area contributed by atoms with Gasteiger partial charge in [0.05, 0.1) is 7.06 Å². The summed E-state index contributed by atoms with van der Waals surface area (Å²) in [6.45, 7) is 13.0. The van der Waals surface area contributed by atoms with E-state index in [2.05, 4.69) is 197 Å². The van der Waals surface area contributed by atoms with Crippen molar-refractivity contribution in [2.45, 2.75) is 47.0 Å². The minimum atomic E-state index is -0.349. The Balaban J connectivity index is 1.18. The molecule has 0 bridgehead atoms. The van der Waals surface area contributed by atoms with Crippen LogP contribution in [-0.4, -0.2) is 6.71 Å². The van der Waals surface area contributed by atoms with E-state index in [0.29, 0.717) is 17.5 Å². The summed E-state index contributed by atoms with van der Waals surface area (Å²) in [6, 6.07) is 56.8. The van der Waals surface area contributed by atoms with Crippen molar-refractivity contribution in [3.63, 3.8) is 0 Å². The first-order valence-corrected chi connectivity index (χ1v) is 20.9. The molecule has 0 atom stereocenters. The van der Waals surface area contributed by atoms with Crippen LogP contribution in [-0.2, 0) is 5.41 Å². The Morgan fingerprint density at radius 2 is 0.967 bits per heavy atom. The van der Waals surface area contributed by atoms with E-state index in [0.717, 1.165) is 62.0 Å². The number of hydrogen-bond donors (Lipinski definition) is 0. The van der Waals surface area contributed by atoms with E-state index >= 15 is 0 Å². The Hall–Kier alpha value is -6.98. The van der Waals surface area contributed by atoms with Crippen molar-refractivity contribution in [3.8, 4) is 34.1 Å². The van der Waals surface area contributed by atoms with E-state index in [4.69, 9.17) is 10.8 Å². The zero-order chi connectivity index (χ0) is 41.7. The third-order valence-electron chi connectivity index (χ3n) is 12.8. The van der Waals surface area contributed by atoms with Crippen LogP contribution in [0.15, 0.2) is 164 Å². The number of rotatable bonds is 6. The van der Waals surface area contributed by atoms with E-state index in [1.807, 2.05) is 12.1 Å². The lowest BCUT2D eigenvalue weighted by Crippen LogP contribution is -2.58. The van der Waals surface area contributed by atoms with Crippen LogP contribution in [0.4, 0.5) is 34.1 Å². The Labute approximate surface area is 354 Å². The second-order valence-corrected chi connectivity index (χ2v) is 17.2. The Kier molecular flexibility index (Phi) is 7.90. The van der Waals surface area contributed by atoms with Crippen molar-refractivity contribution in [3.05, 3.63) is 197 Å². The molecule has 60 heavy (non-hydrogen) atoms. The first kappa shape index (κ1) is 35.0. The minimum Gasteiger partial charge on any atom is -0.458 e. The maximum atomic E-state index is 8.97. The molecule has 0 amide bonds. The molecule has 0 aromatic heterocycles. The Morgan fingerprint density at radius 1 is 0.483 bits per heavy atom. The summed E-state index contributed by atoms with van der Waals surface area (Å²) in [5.41, 5.74) is 18.9. The van der Waals surface area contributed by atoms with E-state index in [9.17, 15) is 0 Å². The molecule has 8 aromatic rings. The van der Waals surface area contributed by atoms with Crippen LogP contribution in [0.2, 0.25) is 0 Å². The third-order valence-corrected chi connectivity index (χ3v) is 12.8. The SMILES string of the molecule is [2H]c1cc2c3c(c1)Oc1cc(N(c4ccc(C)cc4)c4ccc(C)cc4)c4c(c1B3c1ccc(N(c3ccc(C)cc3)c3ccc(C)cc3)cc1O2)-c1ccccc1C4(C)C. The first-order chi connectivity index (χ1) is 29.5. The maximum Gasteiger partial charge on any atom is 0.261 e. The molecular formula is C55H45BN2O2. The van der Waals surface area contributed by atoms with Gasteiger partial charge < -0.3 is 19.3 Å². The molecule has 0 fully saturated rings. The topological polar surface area (TPSA) is 24.9 Å². The number of aryl methyl sites for hydroxylation is 4. The highest BCUT2D eigenvalue weighted by Crippen LogP contribution is 2.56. The van der Waals surface area contributed by atoms with Crippen LogP contribution in [0.5, 0.6) is 23.0 Å². The van der Waals surface area contributed by atoms with Crippen molar-refractivity contribution in [2.24, 2.45) is 0 Å². The molecule has 0 N–H and O–H groups in total. The van der Waals surface area contributed by atoms with Gasteiger partial charge in [-0.3, -0.25) is 0 Å². The molecule has 3 aliphatic rings. The fourth-order valence-corrected chi connectivity index (χ4v) is 9.76. The lowest BCUT2D eigenvalue weighted by molar-refractivity contribution is 0.464. The molecule has 5 heteroatoms. The second-order valence-electron chi connectivity index (χ2n) is 17.2. The number of ether oxygens (including phenoxy) is 2. The van der Waals surface area contributed by atoms with Gasteiger partial charge in [0.2, 0.25) is 0 Å². The largest absolute Gasteiger partial charge is 0.458 e. The molecule has 11 rings (SSSR count). The highest BCUT2D eigenvalue weighted by Gasteiger charge is 2.48. The lowest BCUT2D eigenvalue weighted by atomic mass is 9.34. The number of anilines is 6. The van der Waals surface area contributed by atoms with Gasteiger partial charge in [-0.25, -0.2) is 0 Å². The predicted octanol–water partition coefficient (Wildman–Crippen LogP) is 12.9. The molecule has 2 aliphatic heterocycles. The van der Waals surface area contributed by atoms with E-state index in [1.54, 1.807) is 0 Å². The molecule has 1 aliphatic carbocycles. The van der Waals surface area contributed by atoms with Crippen LogP contribution in [0.1, 0.15) is 48.6 Å². The van der Waals surface area contributed by atoms with Gasteiger partial charge in [0.1, 0.15) is 23.0 Å². The van der Waals surface area contributed by atoms with Crippen LogP contribution >= 0.6 is 0 Å². The molecule has 0 radical (unpaired) electrons. The zero-order valence-corrected chi connectivity index (χ0v) is 34.8. The van der Waals surface area contributed by atoms with Gasteiger partial charge in [-0.1, -0.05) is 121 Å². The Morgan fingerprint density at radius 3 is 1.52 bits per heavy atom. The lowest BCUT2D eigenvalue weighted by Gasteiger charge is -2.38. The van der Waals surface area contributed by atoms with Gasteiger partial charge in [-0.05, 0) is 128 Å². The standard InChI is InChI=1S/C55H45BN2O2/c1-34-14-22-38(23-15-34)57(39-24-16-35(2)17-25-39)42-30-31-45-49(32-42)59-47-12-9-13-48-53(47)56(45)54-50(60-48)33-46(52-51(54)43-10-7-8-11-44(43)55(52,5)6)58(40-26-18-36(3)19-27-40)41-28-20-37(4)21-29-41/h7-33H,1-6H3/i9D. The average Bonchev–Trinajstić information content (AvgIpc) is 3.49. The summed E-state index contributed by atoms with van der Waals surface area (Å²) in [5.74, 6) is 2.87. The van der Waals surface area contributed by atoms with E-state index < -0.39 is 0 Å². The molecule has 0 saturated carbocycles. The van der Waals surface area contributed by atoms with Crippen molar-refractivity contribution in [1.29, 1.82) is 0 Å². The molecule has 0 unspecified atom stereocenters. The van der Waals surface area contributed by atoms with Gasteiger partial charge in [0.15, 0.2) is 0 Å². The van der Waals surface area contributed by atoms with Crippen LogP contribution in [0.3, 0.4) is 0 Å². The highest BCUT2D eigenvalue weighted by molar-refractivity contribution is 6.99. The van der Waals surface area contributed by atoms with Crippen molar-refractivity contribution >= 4 is 57.2 Å². The van der Waals surface area contributed by atoms with Crippen molar-refractivity contribution < 1.29 is 10.8 Å². The molecule has 4 nitrogen and oxygen atoms in total. The van der Waals surface area contributed by atoms with Crippen LogP contribution < -0.4 is 35.7 Å². The van der Waals surface area contributed by atoms with E-state index in [-0.39, 0.29) is 12.1 Å². The third kappa shape index (κ3) is 5.60. The summed E-state index contributed by atoms with van der Waals surface area (Å²) < 4.78 is 23.0. The predicted molar refractivity (Wildman–Crippen MR) is 250 cm³/mol. The molecule has 0 spiro atoms. The minimum absolute atomic E-state index is 0.212. The normalized spacial score (nSPS) is 13.8. The van der Waals surface area contributed by atoms with Crippen LogP contribution in [0.25, 0.3) is 11.1 Å². The second kappa shape index (κ2) is 13.5. The maximum absolute atomic E-state index is 8.97. The summed E-state index contributed by atoms with van der Waals surface area (Å²) in [4.78, 5) is 4.68. The molecule has 290 valence electrons. The molecule has 0 saturated heterocycles. The number of benzene rings is 8. The fourth-order valence-electron chi connectivity index (χ4n) is 9.76. The highest BCUT2D eigenvalue weighted by atomic mass is 16.5. The zero-order valence-electron chi connectivity index (χ0n) is 35.8. The number of hydrogen-bond acceptors (Lipinski definition) is 4. The molecular weight excluding hydrogens is 731 g/mol.